The fourth-order valence-corrected chi connectivity index (χ4v) is 3.33. The number of nitrogens with zero attached hydrogens (tertiary/aromatic N) is 4. The van der Waals surface area contributed by atoms with Gasteiger partial charge in [-0.15, -0.1) is 0 Å². The molecule has 0 atom stereocenters. The van der Waals surface area contributed by atoms with Crippen LogP contribution in [0.25, 0.3) is 0 Å². The minimum atomic E-state index is 0.171. The lowest BCUT2D eigenvalue weighted by Crippen LogP contribution is -2.35. The van der Waals surface area contributed by atoms with E-state index in [1.165, 1.54) is 0 Å². The van der Waals surface area contributed by atoms with Gasteiger partial charge in [-0.25, -0.2) is 0 Å². The lowest BCUT2D eigenvalue weighted by atomic mass is 10.1. The molecular formula is C20H27N5O3. The first-order chi connectivity index (χ1) is 13.6. The van der Waals surface area contributed by atoms with Gasteiger partial charge in [-0.2, -0.15) is 9.97 Å². The van der Waals surface area contributed by atoms with Crippen molar-refractivity contribution in [3.8, 4) is 11.6 Å². The van der Waals surface area contributed by atoms with Gasteiger partial charge in [0.25, 0.3) is 0 Å². The Hall–Kier alpha value is -3.03. The topological polar surface area (TPSA) is 93.8 Å². The van der Waals surface area contributed by atoms with Crippen molar-refractivity contribution < 1.29 is 14.3 Å². The monoisotopic (exact) mass is 385 g/mol. The first-order valence-corrected chi connectivity index (χ1v) is 9.43. The number of hydrogen-bond acceptors (Lipinski definition) is 7. The Morgan fingerprint density at radius 2 is 1.96 bits per heavy atom. The van der Waals surface area contributed by atoms with Gasteiger partial charge in [0, 0.05) is 38.7 Å². The Labute approximate surface area is 165 Å². The highest BCUT2D eigenvalue weighted by Gasteiger charge is 2.20. The van der Waals surface area contributed by atoms with E-state index < -0.39 is 0 Å². The predicted octanol–water partition coefficient (Wildman–Crippen LogP) is 1.75. The Morgan fingerprint density at radius 3 is 2.75 bits per heavy atom. The first-order valence-electron chi connectivity index (χ1n) is 9.43. The summed E-state index contributed by atoms with van der Waals surface area (Å²) in [5.41, 5.74) is 6.87. The standard InChI is InChI=1S/C20H27N5O3/c1-27-16-6-3-5-15(13-16)7-8-19(26)25-10-4-9-24(11-12-25)17-14-18(28-2)23-20(21)22-17/h3,5-6,13-14H,4,7-12H2,1-2H3,(H2,21,22,23). The third-order valence-corrected chi connectivity index (χ3v) is 4.85. The van der Waals surface area contributed by atoms with Crippen molar-refractivity contribution in [2.45, 2.75) is 19.3 Å². The van der Waals surface area contributed by atoms with Gasteiger partial charge < -0.3 is 25.0 Å². The van der Waals surface area contributed by atoms with Crippen LogP contribution in [-0.4, -0.2) is 61.2 Å². The van der Waals surface area contributed by atoms with E-state index in [0.717, 1.165) is 36.6 Å². The number of carbonyl (C=O) groups excluding carboxylic acids is 1. The number of carbonyl (C=O) groups is 1. The molecule has 1 saturated heterocycles. The fraction of sp³-hybridized carbons (Fsp3) is 0.450. The average molecular weight is 385 g/mol. The first kappa shape index (κ1) is 19.7. The van der Waals surface area contributed by atoms with E-state index in [-0.39, 0.29) is 11.9 Å². The molecule has 2 N–H and O–H groups in total. The zero-order valence-corrected chi connectivity index (χ0v) is 16.4. The lowest BCUT2D eigenvalue weighted by Gasteiger charge is -2.23. The molecule has 0 aliphatic carbocycles. The summed E-state index contributed by atoms with van der Waals surface area (Å²) < 4.78 is 10.4. The molecule has 0 radical (unpaired) electrons. The molecule has 8 nitrogen and oxygen atoms in total. The highest BCUT2D eigenvalue weighted by Crippen LogP contribution is 2.20. The number of ether oxygens (including phenoxy) is 2. The van der Waals surface area contributed by atoms with E-state index in [1.807, 2.05) is 29.2 Å². The van der Waals surface area contributed by atoms with Crippen molar-refractivity contribution in [3.63, 3.8) is 0 Å². The van der Waals surface area contributed by atoms with Crippen LogP contribution >= 0.6 is 0 Å². The van der Waals surface area contributed by atoms with Gasteiger partial charge >= 0.3 is 0 Å². The number of benzene rings is 1. The number of nitrogen functional groups attached to an aromatic ring is 1. The molecule has 1 fully saturated rings. The minimum absolute atomic E-state index is 0.171. The van der Waals surface area contributed by atoms with Crippen LogP contribution in [0, 0.1) is 0 Å². The summed E-state index contributed by atoms with van der Waals surface area (Å²) in [6.45, 7) is 2.90. The molecule has 2 aromatic rings. The van der Waals surface area contributed by atoms with Crippen LogP contribution < -0.4 is 20.1 Å². The predicted molar refractivity (Wildman–Crippen MR) is 108 cm³/mol. The van der Waals surface area contributed by atoms with Gasteiger partial charge in [-0.3, -0.25) is 4.79 Å². The molecule has 8 heteroatoms. The third kappa shape index (κ3) is 5.03. The summed E-state index contributed by atoms with van der Waals surface area (Å²) in [6.07, 6.45) is 2.06. The van der Waals surface area contributed by atoms with E-state index in [2.05, 4.69) is 14.9 Å². The van der Waals surface area contributed by atoms with Gasteiger partial charge in [0.1, 0.15) is 11.6 Å². The summed E-state index contributed by atoms with van der Waals surface area (Å²) in [5, 5.41) is 0. The van der Waals surface area contributed by atoms with Gasteiger partial charge in [-0.05, 0) is 30.5 Å². The number of aryl methyl sites for hydroxylation is 1. The molecule has 1 aliphatic heterocycles. The van der Waals surface area contributed by atoms with E-state index in [9.17, 15) is 4.79 Å². The summed E-state index contributed by atoms with van der Waals surface area (Å²) in [6, 6.07) is 9.63. The van der Waals surface area contributed by atoms with E-state index >= 15 is 0 Å². The maximum absolute atomic E-state index is 12.7. The van der Waals surface area contributed by atoms with Crippen molar-refractivity contribution in [2.75, 3.05) is 51.0 Å². The van der Waals surface area contributed by atoms with Crippen LogP contribution in [0.1, 0.15) is 18.4 Å². The Kier molecular flexibility index (Phi) is 6.52. The number of hydrogen-bond donors (Lipinski definition) is 1. The Morgan fingerprint density at radius 1 is 1.11 bits per heavy atom. The number of anilines is 2. The second-order valence-corrected chi connectivity index (χ2v) is 6.70. The number of aromatic nitrogens is 2. The van der Waals surface area contributed by atoms with Crippen LogP contribution in [0.15, 0.2) is 30.3 Å². The summed E-state index contributed by atoms with van der Waals surface area (Å²) >= 11 is 0. The van der Waals surface area contributed by atoms with E-state index in [1.54, 1.807) is 20.3 Å². The van der Waals surface area contributed by atoms with Gasteiger partial charge in [0.05, 0.1) is 14.2 Å². The smallest absolute Gasteiger partial charge is 0.225 e. The van der Waals surface area contributed by atoms with Crippen molar-refractivity contribution in [1.29, 1.82) is 0 Å². The lowest BCUT2D eigenvalue weighted by molar-refractivity contribution is -0.130. The maximum Gasteiger partial charge on any atom is 0.225 e. The highest BCUT2D eigenvalue weighted by atomic mass is 16.5. The Balaban J connectivity index is 1.57. The van der Waals surface area contributed by atoms with Crippen molar-refractivity contribution in [1.82, 2.24) is 14.9 Å². The van der Waals surface area contributed by atoms with Crippen LogP contribution in [-0.2, 0) is 11.2 Å². The van der Waals surface area contributed by atoms with Crippen LogP contribution in [0.2, 0.25) is 0 Å². The molecular weight excluding hydrogens is 358 g/mol. The Bertz CT molecular complexity index is 814. The average Bonchev–Trinajstić information content (AvgIpc) is 2.98. The van der Waals surface area contributed by atoms with Crippen molar-refractivity contribution in [2.24, 2.45) is 0 Å². The quantitative estimate of drug-likeness (QED) is 0.809. The van der Waals surface area contributed by atoms with Gasteiger partial charge in [0.2, 0.25) is 17.7 Å². The number of nitrogens with two attached hydrogens (primary N) is 1. The largest absolute Gasteiger partial charge is 0.497 e. The molecule has 0 saturated carbocycles. The van der Waals surface area contributed by atoms with Crippen molar-refractivity contribution >= 4 is 17.7 Å². The zero-order valence-electron chi connectivity index (χ0n) is 16.4. The summed E-state index contributed by atoms with van der Waals surface area (Å²) in [7, 11) is 3.20. The molecule has 1 aromatic carbocycles. The second kappa shape index (κ2) is 9.25. The zero-order chi connectivity index (χ0) is 19.9. The van der Waals surface area contributed by atoms with Gasteiger partial charge in [0.15, 0.2) is 0 Å². The molecule has 3 rings (SSSR count). The van der Waals surface area contributed by atoms with E-state index in [4.69, 9.17) is 15.2 Å². The SMILES string of the molecule is COc1cccc(CCC(=O)N2CCCN(c3cc(OC)nc(N)n3)CC2)c1. The summed E-state index contributed by atoms with van der Waals surface area (Å²) in [5.74, 6) is 2.34. The summed E-state index contributed by atoms with van der Waals surface area (Å²) in [4.78, 5) is 25.1. The van der Waals surface area contributed by atoms with Crippen LogP contribution in [0.5, 0.6) is 11.6 Å². The van der Waals surface area contributed by atoms with Crippen LogP contribution in [0.3, 0.4) is 0 Å². The molecule has 0 bridgehead atoms. The van der Waals surface area contributed by atoms with Gasteiger partial charge in [-0.1, -0.05) is 12.1 Å². The molecule has 1 amide bonds. The fourth-order valence-electron chi connectivity index (χ4n) is 3.33. The molecule has 0 unspecified atom stereocenters. The van der Waals surface area contributed by atoms with Crippen molar-refractivity contribution in [3.05, 3.63) is 35.9 Å². The normalized spacial score (nSPS) is 14.5. The van der Waals surface area contributed by atoms with E-state index in [0.29, 0.717) is 31.8 Å². The molecule has 2 heterocycles. The number of amides is 1. The molecule has 150 valence electrons. The number of rotatable bonds is 6. The molecule has 1 aliphatic rings. The maximum atomic E-state index is 12.7. The van der Waals surface area contributed by atoms with Crippen LogP contribution in [0.4, 0.5) is 11.8 Å². The second-order valence-electron chi connectivity index (χ2n) is 6.70. The molecule has 0 spiro atoms. The third-order valence-electron chi connectivity index (χ3n) is 4.85. The molecule has 28 heavy (non-hydrogen) atoms. The number of methoxy groups -OCH3 is 2. The molecule has 1 aromatic heterocycles. The minimum Gasteiger partial charge on any atom is -0.497 e. The highest BCUT2D eigenvalue weighted by molar-refractivity contribution is 5.76.